The van der Waals surface area contributed by atoms with Crippen molar-refractivity contribution < 1.29 is 13.9 Å². The number of aryl methyl sites for hydroxylation is 1. The van der Waals surface area contributed by atoms with Gasteiger partial charge in [-0.3, -0.25) is 4.79 Å². The minimum Gasteiger partial charge on any atom is -0.461 e. The fourth-order valence-electron chi connectivity index (χ4n) is 1.90. The highest BCUT2D eigenvalue weighted by molar-refractivity contribution is 5.73. The molecule has 4 heteroatoms. The molecular formula is C16H16FNO2. The number of benzene rings is 2. The number of hydrogen-bond donors (Lipinski definition) is 1. The number of nitrogens with two attached hydrogens (primary N) is 1. The average molecular weight is 273 g/mol. The normalized spacial score (nSPS) is 10.3. The van der Waals surface area contributed by atoms with E-state index in [2.05, 4.69) is 0 Å². The largest absolute Gasteiger partial charge is 0.461 e. The Balaban J connectivity index is 1.92. The van der Waals surface area contributed by atoms with Gasteiger partial charge in [0, 0.05) is 5.69 Å². The summed E-state index contributed by atoms with van der Waals surface area (Å²) in [5.41, 5.74) is 8.64. The number of carbonyl (C=O) groups is 1. The van der Waals surface area contributed by atoms with Crippen LogP contribution in [-0.2, 0) is 22.6 Å². The first-order valence-electron chi connectivity index (χ1n) is 6.29. The second-order valence-corrected chi connectivity index (χ2v) is 4.65. The predicted octanol–water partition coefficient (Wildman–Crippen LogP) is 3.00. The number of ether oxygens (including phenoxy) is 1. The topological polar surface area (TPSA) is 52.3 Å². The van der Waals surface area contributed by atoms with Gasteiger partial charge in [0.2, 0.25) is 0 Å². The van der Waals surface area contributed by atoms with Crippen LogP contribution in [0.5, 0.6) is 0 Å². The Morgan fingerprint density at radius 3 is 2.75 bits per heavy atom. The van der Waals surface area contributed by atoms with E-state index in [-0.39, 0.29) is 24.8 Å². The minimum atomic E-state index is -0.334. The third kappa shape index (κ3) is 3.82. The molecule has 0 aliphatic rings. The Labute approximate surface area is 117 Å². The zero-order valence-corrected chi connectivity index (χ0v) is 11.2. The van der Waals surface area contributed by atoms with E-state index < -0.39 is 0 Å². The van der Waals surface area contributed by atoms with Crippen molar-refractivity contribution in [3.8, 4) is 0 Å². The van der Waals surface area contributed by atoms with Gasteiger partial charge in [0.1, 0.15) is 12.4 Å². The maximum Gasteiger partial charge on any atom is 0.310 e. The van der Waals surface area contributed by atoms with Crippen molar-refractivity contribution in [3.05, 3.63) is 65.0 Å². The fraction of sp³-hybridized carbons (Fsp3) is 0.188. The van der Waals surface area contributed by atoms with Crippen LogP contribution in [-0.4, -0.2) is 5.97 Å². The third-order valence-corrected chi connectivity index (χ3v) is 2.99. The standard InChI is InChI=1S/C16H16FNO2/c1-11-7-14(17)6-5-13(11)10-20-16(19)9-12-3-2-4-15(18)8-12/h2-8H,9-10,18H2,1H3. The van der Waals surface area contributed by atoms with E-state index in [4.69, 9.17) is 10.5 Å². The number of hydrogen-bond acceptors (Lipinski definition) is 3. The van der Waals surface area contributed by atoms with Crippen LogP contribution in [0.2, 0.25) is 0 Å². The monoisotopic (exact) mass is 273 g/mol. The van der Waals surface area contributed by atoms with Crippen LogP contribution in [0.25, 0.3) is 0 Å². The molecule has 0 unspecified atom stereocenters. The van der Waals surface area contributed by atoms with Crippen molar-refractivity contribution in [2.24, 2.45) is 0 Å². The smallest absolute Gasteiger partial charge is 0.310 e. The Bertz CT molecular complexity index is 626. The van der Waals surface area contributed by atoms with E-state index >= 15 is 0 Å². The maximum atomic E-state index is 13.0. The first-order valence-corrected chi connectivity index (χ1v) is 6.29. The van der Waals surface area contributed by atoms with Crippen molar-refractivity contribution >= 4 is 11.7 Å². The molecule has 0 fully saturated rings. The van der Waals surface area contributed by atoms with Gasteiger partial charge < -0.3 is 10.5 Å². The number of esters is 1. The molecule has 0 atom stereocenters. The Morgan fingerprint density at radius 1 is 1.25 bits per heavy atom. The van der Waals surface area contributed by atoms with Gasteiger partial charge in [0.15, 0.2) is 0 Å². The SMILES string of the molecule is Cc1cc(F)ccc1COC(=O)Cc1cccc(N)c1. The quantitative estimate of drug-likeness (QED) is 0.688. The molecule has 0 amide bonds. The summed E-state index contributed by atoms with van der Waals surface area (Å²) >= 11 is 0. The Morgan fingerprint density at radius 2 is 2.05 bits per heavy atom. The molecule has 0 radical (unpaired) electrons. The van der Waals surface area contributed by atoms with Crippen molar-refractivity contribution in [2.75, 3.05) is 5.73 Å². The van der Waals surface area contributed by atoms with Crippen LogP contribution >= 0.6 is 0 Å². The van der Waals surface area contributed by atoms with Gasteiger partial charge in [-0.05, 0) is 47.9 Å². The summed E-state index contributed by atoms with van der Waals surface area (Å²) in [6.45, 7) is 1.93. The molecule has 0 aliphatic carbocycles. The number of nitrogen functional groups attached to an aromatic ring is 1. The van der Waals surface area contributed by atoms with Crippen LogP contribution in [0.15, 0.2) is 42.5 Å². The van der Waals surface area contributed by atoms with Gasteiger partial charge >= 0.3 is 5.97 Å². The lowest BCUT2D eigenvalue weighted by Gasteiger charge is -2.08. The van der Waals surface area contributed by atoms with Crippen molar-refractivity contribution in [3.63, 3.8) is 0 Å². The van der Waals surface area contributed by atoms with E-state index in [1.54, 1.807) is 31.2 Å². The van der Waals surface area contributed by atoms with Crippen LogP contribution in [0.3, 0.4) is 0 Å². The summed E-state index contributed by atoms with van der Waals surface area (Å²) in [5, 5.41) is 0. The van der Waals surface area contributed by atoms with E-state index in [0.717, 1.165) is 16.7 Å². The third-order valence-electron chi connectivity index (χ3n) is 2.99. The molecule has 3 nitrogen and oxygen atoms in total. The summed E-state index contributed by atoms with van der Waals surface area (Å²) in [5.74, 6) is -0.628. The summed E-state index contributed by atoms with van der Waals surface area (Å²) in [6, 6.07) is 11.5. The Hall–Kier alpha value is -2.36. The molecule has 0 aliphatic heterocycles. The first-order chi connectivity index (χ1) is 9.54. The second kappa shape index (κ2) is 6.19. The summed E-state index contributed by atoms with van der Waals surface area (Å²) < 4.78 is 18.1. The highest BCUT2D eigenvalue weighted by atomic mass is 19.1. The molecule has 2 aromatic rings. The number of carbonyl (C=O) groups excluding carboxylic acids is 1. The Kier molecular flexibility index (Phi) is 4.35. The molecule has 0 bridgehead atoms. The van der Waals surface area contributed by atoms with Crippen LogP contribution in [0.1, 0.15) is 16.7 Å². The zero-order chi connectivity index (χ0) is 14.5. The molecular weight excluding hydrogens is 257 g/mol. The number of anilines is 1. The van der Waals surface area contributed by atoms with Crippen molar-refractivity contribution in [1.29, 1.82) is 0 Å². The molecule has 20 heavy (non-hydrogen) atoms. The fourth-order valence-corrected chi connectivity index (χ4v) is 1.90. The van der Waals surface area contributed by atoms with Gasteiger partial charge in [-0.15, -0.1) is 0 Å². The van der Waals surface area contributed by atoms with Gasteiger partial charge in [0.25, 0.3) is 0 Å². The van der Waals surface area contributed by atoms with Gasteiger partial charge in [-0.1, -0.05) is 18.2 Å². The molecule has 2 rings (SSSR count). The average Bonchev–Trinajstić information content (AvgIpc) is 2.37. The second-order valence-electron chi connectivity index (χ2n) is 4.65. The molecule has 0 saturated heterocycles. The summed E-state index contributed by atoms with van der Waals surface area (Å²) in [7, 11) is 0. The lowest BCUT2D eigenvalue weighted by molar-refractivity contribution is -0.144. The predicted molar refractivity (Wildman–Crippen MR) is 75.5 cm³/mol. The first kappa shape index (κ1) is 14.1. The van der Waals surface area contributed by atoms with E-state index in [1.165, 1.54) is 12.1 Å². The van der Waals surface area contributed by atoms with Crippen molar-refractivity contribution in [1.82, 2.24) is 0 Å². The maximum absolute atomic E-state index is 13.0. The molecule has 104 valence electrons. The number of rotatable bonds is 4. The van der Waals surface area contributed by atoms with Crippen LogP contribution in [0, 0.1) is 12.7 Å². The lowest BCUT2D eigenvalue weighted by Crippen LogP contribution is -2.09. The van der Waals surface area contributed by atoms with Gasteiger partial charge in [-0.25, -0.2) is 4.39 Å². The molecule has 2 aromatic carbocycles. The van der Waals surface area contributed by atoms with E-state index in [1.807, 2.05) is 6.07 Å². The molecule has 0 spiro atoms. The molecule has 0 aromatic heterocycles. The highest BCUT2D eigenvalue weighted by Gasteiger charge is 2.07. The van der Waals surface area contributed by atoms with E-state index in [0.29, 0.717) is 5.69 Å². The van der Waals surface area contributed by atoms with Gasteiger partial charge in [0.05, 0.1) is 6.42 Å². The minimum absolute atomic E-state index is 0.146. The highest BCUT2D eigenvalue weighted by Crippen LogP contribution is 2.12. The lowest BCUT2D eigenvalue weighted by atomic mass is 10.1. The summed E-state index contributed by atoms with van der Waals surface area (Å²) in [4.78, 5) is 11.7. The van der Waals surface area contributed by atoms with Crippen LogP contribution in [0.4, 0.5) is 10.1 Å². The molecule has 0 heterocycles. The summed E-state index contributed by atoms with van der Waals surface area (Å²) in [6.07, 6.45) is 0.172. The van der Waals surface area contributed by atoms with Gasteiger partial charge in [-0.2, -0.15) is 0 Å². The molecule has 2 N–H and O–H groups in total. The zero-order valence-electron chi connectivity index (χ0n) is 11.2. The number of halogens is 1. The van der Waals surface area contributed by atoms with Crippen LogP contribution < -0.4 is 5.73 Å². The molecule has 0 saturated carbocycles. The van der Waals surface area contributed by atoms with E-state index in [9.17, 15) is 9.18 Å². The van der Waals surface area contributed by atoms with Crippen molar-refractivity contribution in [2.45, 2.75) is 20.0 Å².